The zero-order valence-corrected chi connectivity index (χ0v) is 18.4. The molecule has 0 aromatic heterocycles. The molecular formula is C22H26ClN3O3S. The van der Waals surface area contributed by atoms with Crippen molar-refractivity contribution in [2.24, 2.45) is 4.99 Å². The second-order valence-corrected chi connectivity index (χ2v) is 9.75. The number of amidine groups is 1. The second-order valence-electron chi connectivity index (χ2n) is 7.66. The summed E-state index contributed by atoms with van der Waals surface area (Å²) in [6.45, 7) is 4.29. The van der Waals surface area contributed by atoms with E-state index >= 15 is 0 Å². The fraction of sp³-hybridized carbons (Fsp3) is 0.409. The van der Waals surface area contributed by atoms with Crippen molar-refractivity contribution in [3.63, 3.8) is 0 Å². The van der Waals surface area contributed by atoms with Crippen LogP contribution in [0.2, 0.25) is 5.02 Å². The minimum Gasteiger partial charge on any atom is -0.494 e. The Kier molecular flexibility index (Phi) is 6.61. The summed E-state index contributed by atoms with van der Waals surface area (Å²) in [5.41, 5.74) is 1.83. The molecule has 1 N–H and O–H groups in total. The van der Waals surface area contributed by atoms with Gasteiger partial charge in [0, 0.05) is 30.1 Å². The lowest BCUT2D eigenvalue weighted by Crippen LogP contribution is -2.29. The van der Waals surface area contributed by atoms with Crippen molar-refractivity contribution in [3.05, 3.63) is 58.6 Å². The van der Waals surface area contributed by atoms with E-state index in [-0.39, 0.29) is 4.90 Å². The van der Waals surface area contributed by atoms with E-state index in [2.05, 4.69) is 26.7 Å². The van der Waals surface area contributed by atoms with Gasteiger partial charge in [-0.15, -0.1) is 0 Å². The van der Waals surface area contributed by atoms with Gasteiger partial charge >= 0.3 is 0 Å². The summed E-state index contributed by atoms with van der Waals surface area (Å²) in [4.78, 5) is 7.08. The number of likely N-dealkylation sites (tertiary alicyclic amines) is 1. The average Bonchev–Trinajstić information content (AvgIpc) is 2.98. The van der Waals surface area contributed by atoms with Gasteiger partial charge < -0.3 is 4.74 Å². The molecule has 0 amide bonds. The Morgan fingerprint density at radius 2 is 1.93 bits per heavy atom. The second kappa shape index (κ2) is 9.37. The third-order valence-electron chi connectivity index (χ3n) is 5.31. The summed E-state index contributed by atoms with van der Waals surface area (Å²) in [7, 11) is -3.58. The van der Waals surface area contributed by atoms with Crippen LogP contribution in [0.4, 0.5) is 0 Å². The number of hydrogen-bond acceptors (Lipinski definition) is 5. The number of rotatable bonds is 7. The first kappa shape index (κ1) is 21.2. The number of hydrogen-bond donors (Lipinski definition) is 1. The molecule has 0 bridgehead atoms. The van der Waals surface area contributed by atoms with Crippen LogP contribution in [0.3, 0.4) is 0 Å². The highest BCUT2D eigenvalue weighted by Gasteiger charge is 2.30. The Morgan fingerprint density at radius 1 is 1.10 bits per heavy atom. The molecule has 2 aliphatic heterocycles. The Bertz CT molecular complexity index is 1030. The maximum Gasteiger partial charge on any atom is 0.263 e. The third-order valence-corrected chi connectivity index (χ3v) is 6.93. The molecule has 6 nitrogen and oxygen atoms in total. The Labute approximate surface area is 183 Å². The van der Waals surface area contributed by atoms with Gasteiger partial charge in [0.1, 0.15) is 11.6 Å². The maximum absolute atomic E-state index is 12.2. The normalized spacial score (nSPS) is 19.4. The van der Waals surface area contributed by atoms with E-state index in [4.69, 9.17) is 16.3 Å². The van der Waals surface area contributed by atoms with Crippen molar-refractivity contribution in [2.45, 2.75) is 37.1 Å². The molecule has 1 saturated heterocycles. The van der Waals surface area contributed by atoms with Crippen molar-refractivity contribution < 1.29 is 13.2 Å². The molecule has 2 aliphatic rings. The van der Waals surface area contributed by atoms with Crippen molar-refractivity contribution >= 4 is 27.5 Å². The predicted molar refractivity (Wildman–Crippen MR) is 119 cm³/mol. The summed E-state index contributed by atoms with van der Waals surface area (Å²) in [6, 6.07) is 13.0. The standard InChI is InChI=1S/C22H26ClN3O3S/c23-18-8-9-20-21(15-18)30(27,28)25-22(20)24-10-5-13-29-19-7-4-6-17(14-19)16-26-11-2-1-3-12-26/h4,6-9,14-15H,1-3,5,10-13,16H2,(H,24,25). The van der Waals surface area contributed by atoms with Crippen molar-refractivity contribution in [3.8, 4) is 5.75 Å². The van der Waals surface area contributed by atoms with Gasteiger partial charge in [0.15, 0.2) is 0 Å². The van der Waals surface area contributed by atoms with Gasteiger partial charge in [-0.2, -0.15) is 0 Å². The van der Waals surface area contributed by atoms with E-state index in [1.54, 1.807) is 12.1 Å². The van der Waals surface area contributed by atoms with Gasteiger partial charge in [0.05, 0.1) is 11.5 Å². The number of benzene rings is 2. The lowest BCUT2D eigenvalue weighted by Gasteiger charge is -2.26. The monoisotopic (exact) mass is 447 g/mol. The highest BCUT2D eigenvalue weighted by molar-refractivity contribution is 7.90. The molecular weight excluding hydrogens is 422 g/mol. The summed E-state index contributed by atoms with van der Waals surface area (Å²) in [5, 5.41) is 0.385. The minimum absolute atomic E-state index is 0.176. The summed E-state index contributed by atoms with van der Waals surface area (Å²) in [5.74, 6) is 1.23. The van der Waals surface area contributed by atoms with Gasteiger partial charge in [-0.1, -0.05) is 30.2 Å². The first-order valence-corrected chi connectivity index (χ1v) is 12.2. The number of nitrogens with zero attached hydrogens (tertiary/aromatic N) is 2. The molecule has 4 rings (SSSR count). The fourth-order valence-electron chi connectivity index (χ4n) is 3.82. The van der Waals surface area contributed by atoms with Crippen LogP contribution in [0.1, 0.15) is 36.8 Å². The average molecular weight is 448 g/mol. The zero-order chi connectivity index (χ0) is 21.0. The van der Waals surface area contributed by atoms with Crippen molar-refractivity contribution in [1.29, 1.82) is 0 Å². The largest absolute Gasteiger partial charge is 0.494 e. The van der Waals surface area contributed by atoms with Crippen molar-refractivity contribution in [2.75, 3.05) is 26.2 Å². The Balaban J connectivity index is 1.28. The van der Waals surface area contributed by atoms with Gasteiger partial charge in [-0.25, -0.2) is 8.42 Å². The number of piperidine rings is 1. The lowest BCUT2D eigenvalue weighted by atomic mass is 10.1. The fourth-order valence-corrected chi connectivity index (χ4v) is 5.34. The van der Waals surface area contributed by atoms with Crippen LogP contribution in [0.25, 0.3) is 0 Å². The van der Waals surface area contributed by atoms with E-state index < -0.39 is 10.0 Å². The molecule has 0 saturated carbocycles. The van der Waals surface area contributed by atoms with Crippen LogP contribution in [-0.4, -0.2) is 45.4 Å². The van der Waals surface area contributed by atoms with E-state index in [0.29, 0.717) is 36.0 Å². The molecule has 0 atom stereocenters. The first-order chi connectivity index (χ1) is 14.5. The quantitative estimate of drug-likeness (QED) is 0.655. The molecule has 30 heavy (non-hydrogen) atoms. The molecule has 0 unspecified atom stereocenters. The SMILES string of the molecule is O=S1(=O)NC(=NCCCOc2cccc(CN3CCCCC3)c2)c2ccc(Cl)cc21. The topological polar surface area (TPSA) is 71.0 Å². The smallest absolute Gasteiger partial charge is 0.263 e. The van der Waals surface area contributed by atoms with Crippen LogP contribution in [0.5, 0.6) is 5.75 Å². The molecule has 2 aromatic rings. The summed E-state index contributed by atoms with van der Waals surface area (Å²) in [6.07, 6.45) is 4.59. The van der Waals surface area contributed by atoms with Crippen molar-refractivity contribution in [1.82, 2.24) is 9.62 Å². The van der Waals surface area contributed by atoms with E-state index in [1.807, 2.05) is 12.1 Å². The van der Waals surface area contributed by atoms with E-state index in [0.717, 1.165) is 12.3 Å². The van der Waals surface area contributed by atoms with Crippen LogP contribution in [0.15, 0.2) is 52.4 Å². The molecule has 160 valence electrons. The molecule has 1 fully saturated rings. The molecule has 0 aliphatic carbocycles. The van der Waals surface area contributed by atoms with Gasteiger partial charge in [0.2, 0.25) is 0 Å². The lowest BCUT2D eigenvalue weighted by molar-refractivity contribution is 0.220. The number of fused-ring (bicyclic) bond motifs is 1. The molecule has 0 spiro atoms. The highest BCUT2D eigenvalue weighted by atomic mass is 35.5. The first-order valence-electron chi connectivity index (χ1n) is 10.3. The van der Waals surface area contributed by atoms with E-state index in [9.17, 15) is 8.42 Å². The molecule has 2 aromatic carbocycles. The number of nitrogens with one attached hydrogen (secondary N) is 1. The minimum atomic E-state index is -3.58. The highest BCUT2D eigenvalue weighted by Crippen LogP contribution is 2.26. The predicted octanol–water partition coefficient (Wildman–Crippen LogP) is 3.83. The Hall–Kier alpha value is -2.09. The zero-order valence-electron chi connectivity index (χ0n) is 16.8. The van der Waals surface area contributed by atoms with Crippen LogP contribution >= 0.6 is 11.6 Å². The van der Waals surface area contributed by atoms with Gasteiger partial charge in [-0.3, -0.25) is 14.6 Å². The van der Waals surface area contributed by atoms with Crippen LogP contribution in [0, 0.1) is 0 Å². The number of sulfonamides is 1. The van der Waals surface area contributed by atoms with Crippen LogP contribution < -0.4 is 9.46 Å². The Morgan fingerprint density at radius 3 is 2.77 bits per heavy atom. The number of aliphatic imine (C=N–C) groups is 1. The molecule has 2 heterocycles. The van der Waals surface area contributed by atoms with Gasteiger partial charge in [-0.05, 0) is 61.8 Å². The summed E-state index contributed by atoms with van der Waals surface area (Å²) >= 11 is 5.92. The number of ether oxygens (including phenoxy) is 1. The van der Waals surface area contributed by atoms with E-state index in [1.165, 1.54) is 44.0 Å². The maximum atomic E-state index is 12.2. The molecule has 8 heteroatoms. The molecule has 0 radical (unpaired) electrons. The summed E-state index contributed by atoms with van der Waals surface area (Å²) < 4.78 is 32.7. The third kappa shape index (κ3) is 5.14. The number of halogens is 1. The van der Waals surface area contributed by atoms with Crippen LogP contribution in [-0.2, 0) is 16.6 Å². The van der Waals surface area contributed by atoms with Gasteiger partial charge in [0.25, 0.3) is 10.0 Å².